The molecule has 1 rings (SSSR count). The molecule has 1 atom stereocenters. The summed E-state index contributed by atoms with van der Waals surface area (Å²) in [7, 11) is 0. The van der Waals surface area contributed by atoms with Crippen LogP contribution in [0.2, 0.25) is 5.15 Å². The van der Waals surface area contributed by atoms with E-state index in [9.17, 15) is 0 Å². The molecule has 0 spiro atoms. The maximum absolute atomic E-state index is 8.39. The third kappa shape index (κ3) is 4.18. The number of hydrogen-bond acceptors (Lipinski definition) is 3. The Balaban J connectivity index is 2.33. The van der Waals surface area contributed by atoms with E-state index >= 15 is 0 Å². The Kier molecular flexibility index (Phi) is 5.84. The molecule has 4 heteroatoms. The molecule has 0 saturated carbocycles. The fourth-order valence-electron chi connectivity index (χ4n) is 1.48. The normalized spacial score (nSPS) is 12.1. The molecule has 16 heavy (non-hydrogen) atoms. The summed E-state index contributed by atoms with van der Waals surface area (Å²) < 4.78 is 0. The summed E-state index contributed by atoms with van der Waals surface area (Å²) in [5.41, 5.74) is 1.02. The van der Waals surface area contributed by atoms with E-state index in [-0.39, 0.29) is 6.04 Å². The van der Waals surface area contributed by atoms with Crippen LogP contribution in [-0.4, -0.2) is 11.5 Å². The van der Waals surface area contributed by atoms with Crippen LogP contribution in [0.4, 0.5) is 0 Å². The van der Waals surface area contributed by atoms with Gasteiger partial charge in [-0.15, -0.1) is 0 Å². The van der Waals surface area contributed by atoms with Crippen molar-refractivity contribution in [1.29, 1.82) is 5.26 Å². The minimum atomic E-state index is 0.197. The molecular formula is C12H16ClN3. The highest BCUT2D eigenvalue weighted by molar-refractivity contribution is 6.30. The van der Waals surface area contributed by atoms with Gasteiger partial charge in [-0.3, -0.25) is 0 Å². The highest BCUT2D eigenvalue weighted by Crippen LogP contribution is 2.19. The first kappa shape index (κ1) is 13.0. The number of hydrogen-bond donors (Lipinski definition) is 1. The Morgan fingerprint density at radius 2 is 2.38 bits per heavy atom. The van der Waals surface area contributed by atoms with Crippen molar-refractivity contribution in [1.82, 2.24) is 10.3 Å². The first-order valence-electron chi connectivity index (χ1n) is 5.46. The lowest BCUT2D eigenvalue weighted by Gasteiger charge is -2.14. The number of unbranched alkanes of at least 4 members (excludes halogenated alkanes) is 2. The molecule has 0 radical (unpaired) electrons. The van der Waals surface area contributed by atoms with Crippen molar-refractivity contribution < 1.29 is 0 Å². The zero-order valence-corrected chi connectivity index (χ0v) is 10.2. The highest BCUT2D eigenvalue weighted by Gasteiger charge is 2.08. The Labute approximate surface area is 101 Å². The standard InChI is InChI=1S/C12H16ClN3/c1-10(15-8-4-2-3-7-14)11-6-5-9-16-12(11)13/h5-6,9-10,15H,2-4,8H2,1H3. The maximum atomic E-state index is 8.39. The summed E-state index contributed by atoms with van der Waals surface area (Å²) >= 11 is 5.99. The van der Waals surface area contributed by atoms with Gasteiger partial charge in [0, 0.05) is 24.2 Å². The van der Waals surface area contributed by atoms with Crippen molar-refractivity contribution in [3.8, 4) is 6.07 Å². The lowest BCUT2D eigenvalue weighted by atomic mass is 10.1. The number of halogens is 1. The van der Waals surface area contributed by atoms with Crippen LogP contribution in [0.15, 0.2) is 18.3 Å². The number of pyridine rings is 1. The number of aromatic nitrogens is 1. The van der Waals surface area contributed by atoms with Gasteiger partial charge in [-0.25, -0.2) is 4.98 Å². The third-order valence-corrected chi connectivity index (χ3v) is 2.74. The van der Waals surface area contributed by atoms with Crippen molar-refractivity contribution in [2.75, 3.05) is 6.54 Å². The second-order valence-corrected chi connectivity index (χ2v) is 4.03. The van der Waals surface area contributed by atoms with Gasteiger partial charge in [0.05, 0.1) is 6.07 Å². The summed E-state index contributed by atoms with van der Waals surface area (Å²) in [4.78, 5) is 4.04. The van der Waals surface area contributed by atoms with E-state index in [0.717, 1.165) is 24.9 Å². The summed E-state index contributed by atoms with van der Waals surface area (Å²) in [6.07, 6.45) is 4.27. The zero-order chi connectivity index (χ0) is 11.8. The van der Waals surface area contributed by atoms with Crippen molar-refractivity contribution in [3.63, 3.8) is 0 Å². The van der Waals surface area contributed by atoms with E-state index in [4.69, 9.17) is 16.9 Å². The van der Waals surface area contributed by atoms with Crippen LogP contribution in [-0.2, 0) is 0 Å². The second-order valence-electron chi connectivity index (χ2n) is 3.67. The van der Waals surface area contributed by atoms with Crippen LogP contribution in [0.1, 0.15) is 37.8 Å². The molecule has 1 N–H and O–H groups in total. The molecule has 0 aliphatic carbocycles. The molecule has 0 aliphatic heterocycles. The zero-order valence-electron chi connectivity index (χ0n) is 9.41. The summed E-state index contributed by atoms with van der Waals surface area (Å²) in [5.74, 6) is 0. The first-order valence-corrected chi connectivity index (χ1v) is 5.84. The van der Waals surface area contributed by atoms with E-state index in [1.54, 1.807) is 6.20 Å². The van der Waals surface area contributed by atoms with E-state index in [0.29, 0.717) is 11.6 Å². The van der Waals surface area contributed by atoms with Crippen LogP contribution in [0.25, 0.3) is 0 Å². The summed E-state index contributed by atoms with van der Waals surface area (Å²) in [5, 5.41) is 12.3. The number of nitrogens with zero attached hydrogens (tertiary/aromatic N) is 2. The quantitative estimate of drug-likeness (QED) is 0.611. The molecule has 1 heterocycles. The number of rotatable bonds is 6. The van der Waals surface area contributed by atoms with Gasteiger partial charge in [-0.2, -0.15) is 5.26 Å². The Hall–Kier alpha value is -1.11. The van der Waals surface area contributed by atoms with Crippen LogP contribution in [0.3, 0.4) is 0 Å². The minimum absolute atomic E-state index is 0.197. The molecular weight excluding hydrogens is 222 g/mol. The molecule has 0 fully saturated rings. The van der Waals surface area contributed by atoms with Gasteiger partial charge >= 0.3 is 0 Å². The van der Waals surface area contributed by atoms with Crippen molar-refractivity contribution in [3.05, 3.63) is 29.0 Å². The Morgan fingerprint density at radius 3 is 3.06 bits per heavy atom. The summed E-state index contributed by atoms with van der Waals surface area (Å²) in [6.45, 7) is 2.96. The van der Waals surface area contributed by atoms with Gasteiger partial charge < -0.3 is 5.32 Å². The van der Waals surface area contributed by atoms with Gasteiger partial charge in [0.25, 0.3) is 0 Å². The van der Waals surface area contributed by atoms with Crippen LogP contribution < -0.4 is 5.32 Å². The minimum Gasteiger partial charge on any atom is -0.310 e. The molecule has 1 aromatic rings. The predicted molar refractivity (Wildman–Crippen MR) is 65.1 cm³/mol. The highest BCUT2D eigenvalue weighted by atomic mass is 35.5. The lowest BCUT2D eigenvalue weighted by molar-refractivity contribution is 0.548. The molecule has 0 amide bonds. The van der Waals surface area contributed by atoms with Gasteiger partial charge in [0.1, 0.15) is 5.15 Å². The smallest absolute Gasteiger partial charge is 0.133 e. The number of nitriles is 1. The predicted octanol–water partition coefficient (Wildman–Crippen LogP) is 3.08. The second kappa shape index (κ2) is 7.21. The average Bonchev–Trinajstić information content (AvgIpc) is 2.29. The monoisotopic (exact) mass is 237 g/mol. The SMILES string of the molecule is CC(NCCCCC#N)c1cccnc1Cl. The fraction of sp³-hybridized carbons (Fsp3) is 0.500. The van der Waals surface area contributed by atoms with Gasteiger partial charge in [0.15, 0.2) is 0 Å². The maximum Gasteiger partial charge on any atom is 0.133 e. The van der Waals surface area contributed by atoms with Gasteiger partial charge in [-0.1, -0.05) is 17.7 Å². The molecule has 0 bridgehead atoms. The first-order chi connectivity index (χ1) is 7.75. The molecule has 0 saturated heterocycles. The largest absolute Gasteiger partial charge is 0.310 e. The number of nitrogens with one attached hydrogen (secondary N) is 1. The Bertz CT molecular complexity index is 360. The lowest BCUT2D eigenvalue weighted by Crippen LogP contribution is -2.20. The third-order valence-electron chi connectivity index (χ3n) is 2.42. The molecule has 1 unspecified atom stereocenters. The van der Waals surface area contributed by atoms with Crippen molar-refractivity contribution in [2.45, 2.75) is 32.2 Å². The van der Waals surface area contributed by atoms with E-state index in [1.165, 1.54) is 0 Å². The van der Waals surface area contributed by atoms with Crippen molar-refractivity contribution >= 4 is 11.6 Å². The van der Waals surface area contributed by atoms with E-state index in [2.05, 4.69) is 23.3 Å². The molecule has 0 aromatic carbocycles. The Morgan fingerprint density at radius 1 is 1.56 bits per heavy atom. The molecule has 1 aromatic heterocycles. The van der Waals surface area contributed by atoms with Gasteiger partial charge in [-0.05, 0) is 32.4 Å². The van der Waals surface area contributed by atoms with E-state index in [1.807, 2.05) is 12.1 Å². The van der Waals surface area contributed by atoms with Crippen LogP contribution in [0.5, 0.6) is 0 Å². The van der Waals surface area contributed by atoms with Crippen molar-refractivity contribution in [2.24, 2.45) is 0 Å². The molecule has 86 valence electrons. The topological polar surface area (TPSA) is 48.7 Å². The average molecular weight is 238 g/mol. The van der Waals surface area contributed by atoms with Crippen LogP contribution in [0, 0.1) is 11.3 Å². The molecule has 3 nitrogen and oxygen atoms in total. The molecule has 0 aliphatic rings. The van der Waals surface area contributed by atoms with Gasteiger partial charge in [0.2, 0.25) is 0 Å². The van der Waals surface area contributed by atoms with Crippen LogP contribution >= 0.6 is 11.6 Å². The fourth-order valence-corrected chi connectivity index (χ4v) is 1.76. The summed E-state index contributed by atoms with van der Waals surface area (Å²) in [6, 6.07) is 6.19. The van der Waals surface area contributed by atoms with E-state index < -0.39 is 0 Å².